The molecule has 1 aromatic carbocycles. The van der Waals surface area contributed by atoms with Crippen LogP contribution >= 0.6 is 0 Å². The molecule has 3 N–H and O–H groups in total. The van der Waals surface area contributed by atoms with Crippen LogP contribution in [0.4, 0.5) is 15.8 Å². The molecule has 0 aliphatic rings. The van der Waals surface area contributed by atoms with E-state index < -0.39 is 5.82 Å². The van der Waals surface area contributed by atoms with Crippen LogP contribution in [0.1, 0.15) is 5.56 Å². The standard InChI is InChI=1S/C14H16FN3O/c1-19-14-8-13(12(16)7-11(14)15)18-6-4-10-3-2-5-17-9-10/h2-3,5,7-9,18H,4,6,16H2,1H3. The van der Waals surface area contributed by atoms with E-state index in [1.54, 1.807) is 12.3 Å². The molecule has 2 rings (SSSR count). The number of ether oxygens (including phenoxy) is 1. The first-order chi connectivity index (χ1) is 9.20. The van der Waals surface area contributed by atoms with E-state index >= 15 is 0 Å². The molecule has 5 heteroatoms. The molecule has 1 heterocycles. The summed E-state index contributed by atoms with van der Waals surface area (Å²) >= 11 is 0. The molecule has 0 radical (unpaired) electrons. The van der Waals surface area contributed by atoms with Gasteiger partial charge in [0.15, 0.2) is 11.6 Å². The van der Waals surface area contributed by atoms with Crippen LogP contribution in [0.3, 0.4) is 0 Å². The molecule has 0 aliphatic heterocycles. The second-order valence-electron chi connectivity index (χ2n) is 4.11. The third-order valence-corrected chi connectivity index (χ3v) is 2.78. The number of nitrogen functional groups attached to an aromatic ring is 1. The van der Waals surface area contributed by atoms with Crippen molar-refractivity contribution in [3.63, 3.8) is 0 Å². The summed E-state index contributed by atoms with van der Waals surface area (Å²) in [6.07, 6.45) is 4.36. The van der Waals surface area contributed by atoms with Crippen LogP contribution in [0.5, 0.6) is 5.75 Å². The van der Waals surface area contributed by atoms with Crippen LogP contribution in [0, 0.1) is 5.82 Å². The number of methoxy groups -OCH3 is 1. The summed E-state index contributed by atoms with van der Waals surface area (Å²) in [5.41, 5.74) is 7.92. The lowest BCUT2D eigenvalue weighted by atomic mass is 10.2. The highest BCUT2D eigenvalue weighted by Gasteiger charge is 2.07. The summed E-state index contributed by atoms with van der Waals surface area (Å²) in [7, 11) is 1.42. The maximum Gasteiger partial charge on any atom is 0.167 e. The first kappa shape index (κ1) is 13.1. The third-order valence-electron chi connectivity index (χ3n) is 2.78. The molecule has 0 unspecified atom stereocenters. The normalized spacial score (nSPS) is 10.2. The van der Waals surface area contributed by atoms with Gasteiger partial charge < -0.3 is 15.8 Å². The highest BCUT2D eigenvalue weighted by Crippen LogP contribution is 2.27. The Morgan fingerprint density at radius 2 is 2.26 bits per heavy atom. The topological polar surface area (TPSA) is 60.2 Å². The number of benzene rings is 1. The zero-order valence-electron chi connectivity index (χ0n) is 10.7. The van der Waals surface area contributed by atoms with E-state index in [1.165, 1.54) is 13.2 Å². The molecule has 2 aromatic rings. The van der Waals surface area contributed by atoms with Crippen molar-refractivity contribution in [2.24, 2.45) is 0 Å². The van der Waals surface area contributed by atoms with E-state index in [0.717, 1.165) is 12.0 Å². The second-order valence-corrected chi connectivity index (χ2v) is 4.11. The molecule has 1 aromatic heterocycles. The van der Waals surface area contributed by atoms with Gasteiger partial charge in [-0.25, -0.2) is 4.39 Å². The van der Waals surface area contributed by atoms with Gasteiger partial charge in [0.1, 0.15) is 0 Å². The number of halogens is 1. The molecule has 0 saturated heterocycles. The van der Waals surface area contributed by atoms with Gasteiger partial charge in [-0.2, -0.15) is 0 Å². The second kappa shape index (κ2) is 6.04. The van der Waals surface area contributed by atoms with Gasteiger partial charge in [0.2, 0.25) is 0 Å². The van der Waals surface area contributed by atoms with Gasteiger partial charge in [-0.15, -0.1) is 0 Å². The maximum absolute atomic E-state index is 13.4. The van der Waals surface area contributed by atoms with Gasteiger partial charge in [0, 0.05) is 31.1 Å². The Morgan fingerprint density at radius 1 is 1.42 bits per heavy atom. The molecule has 100 valence electrons. The number of nitrogens with one attached hydrogen (secondary N) is 1. The minimum atomic E-state index is -0.460. The average Bonchev–Trinajstić information content (AvgIpc) is 2.42. The number of anilines is 2. The SMILES string of the molecule is COc1cc(NCCc2cccnc2)c(N)cc1F. The fraction of sp³-hybridized carbons (Fsp3) is 0.214. The van der Waals surface area contributed by atoms with Gasteiger partial charge in [0.05, 0.1) is 18.5 Å². The zero-order valence-corrected chi connectivity index (χ0v) is 10.7. The lowest BCUT2D eigenvalue weighted by Gasteiger charge is -2.11. The van der Waals surface area contributed by atoms with Crippen LogP contribution in [-0.2, 0) is 6.42 Å². The van der Waals surface area contributed by atoms with Crippen molar-refractivity contribution >= 4 is 11.4 Å². The van der Waals surface area contributed by atoms with E-state index in [-0.39, 0.29) is 5.75 Å². The highest BCUT2D eigenvalue weighted by atomic mass is 19.1. The summed E-state index contributed by atoms with van der Waals surface area (Å²) in [6.45, 7) is 0.685. The first-order valence-corrected chi connectivity index (χ1v) is 5.96. The minimum absolute atomic E-state index is 0.179. The van der Waals surface area contributed by atoms with Gasteiger partial charge >= 0.3 is 0 Å². The monoisotopic (exact) mass is 261 g/mol. The third kappa shape index (κ3) is 3.34. The van der Waals surface area contributed by atoms with Crippen molar-refractivity contribution < 1.29 is 9.13 Å². The molecule has 19 heavy (non-hydrogen) atoms. The van der Waals surface area contributed by atoms with Crippen molar-refractivity contribution in [3.05, 3.63) is 48.0 Å². The zero-order chi connectivity index (χ0) is 13.7. The Morgan fingerprint density at radius 3 is 2.95 bits per heavy atom. The number of hydrogen-bond acceptors (Lipinski definition) is 4. The molecule has 0 fully saturated rings. The molecular formula is C14H16FN3O. The number of nitrogens with zero attached hydrogens (tertiary/aromatic N) is 1. The Hall–Kier alpha value is -2.30. The summed E-state index contributed by atoms with van der Waals surface area (Å²) in [4.78, 5) is 4.04. The van der Waals surface area contributed by atoms with Crippen molar-refractivity contribution in [2.45, 2.75) is 6.42 Å². The van der Waals surface area contributed by atoms with Crippen LogP contribution in [0.15, 0.2) is 36.7 Å². The van der Waals surface area contributed by atoms with Crippen molar-refractivity contribution in [1.29, 1.82) is 0 Å². The van der Waals surface area contributed by atoms with Crippen LogP contribution in [0.25, 0.3) is 0 Å². The lowest BCUT2D eigenvalue weighted by Crippen LogP contribution is -2.07. The van der Waals surface area contributed by atoms with Gasteiger partial charge in [-0.1, -0.05) is 6.07 Å². The predicted octanol–water partition coefficient (Wildman–Crippen LogP) is 2.47. The van der Waals surface area contributed by atoms with E-state index in [1.807, 2.05) is 18.3 Å². The van der Waals surface area contributed by atoms with Crippen LogP contribution < -0.4 is 15.8 Å². The number of pyridine rings is 1. The smallest absolute Gasteiger partial charge is 0.167 e. The lowest BCUT2D eigenvalue weighted by molar-refractivity contribution is 0.387. The van der Waals surface area contributed by atoms with E-state index in [9.17, 15) is 4.39 Å². The number of rotatable bonds is 5. The molecule has 0 amide bonds. The summed E-state index contributed by atoms with van der Waals surface area (Å²) in [5, 5.41) is 3.16. The first-order valence-electron chi connectivity index (χ1n) is 5.96. The van der Waals surface area contributed by atoms with Gasteiger partial charge in [-0.3, -0.25) is 4.98 Å². The molecule has 0 bridgehead atoms. The predicted molar refractivity (Wildman–Crippen MR) is 73.8 cm³/mol. The number of nitrogens with two attached hydrogens (primary N) is 1. The average molecular weight is 261 g/mol. The molecule has 0 aliphatic carbocycles. The van der Waals surface area contributed by atoms with Gasteiger partial charge in [-0.05, 0) is 18.1 Å². The Kier molecular flexibility index (Phi) is 4.18. The largest absolute Gasteiger partial charge is 0.494 e. The molecule has 0 saturated carbocycles. The number of aromatic nitrogens is 1. The Balaban J connectivity index is 2.00. The van der Waals surface area contributed by atoms with Crippen molar-refractivity contribution in [3.8, 4) is 5.75 Å². The fourth-order valence-electron chi connectivity index (χ4n) is 1.77. The highest BCUT2D eigenvalue weighted by molar-refractivity contribution is 5.68. The van der Waals surface area contributed by atoms with Crippen molar-refractivity contribution in [2.75, 3.05) is 24.7 Å². The Labute approximate surface area is 111 Å². The van der Waals surface area contributed by atoms with Gasteiger partial charge in [0.25, 0.3) is 0 Å². The molecular weight excluding hydrogens is 245 g/mol. The molecule has 0 atom stereocenters. The van der Waals surface area contributed by atoms with E-state index in [0.29, 0.717) is 17.9 Å². The number of hydrogen-bond donors (Lipinski definition) is 2. The quantitative estimate of drug-likeness (QED) is 0.812. The van der Waals surface area contributed by atoms with Crippen LogP contribution in [-0.4, -0.2) is 18.6 Å². The van der Waals surface area contributed by atoms with Crippen molar-refractivity contribution in [1.82, 2.24) is 4.98 Å². The summed E-state index contributed by atoms with van der Waals surface area (Å²) in [5.74, 6) is -0.282. The van der Waals surface area contributed by atoms with Crippen LogP contribution in [0.2, 0.25) is 0 Å². The molecule has 0 spiro atoms. The van der Waals surface area contributed by atoms with E-state index in [4.69, 9.17) is 10.5 Å². The minimum Gasteiger partial charge on any atom is -0.494 e. The maximum atomic E-state index is 13.4. The summed E-state index contributed by atoms with van der Waals surface area (Å²) in [6, 6.07) is 6.72. The summed E-state index contributed by atoms with van der Waals surface area (Å²) < 4.78 is 18.3. The Bertz CT molecular complexity index is 546. The van der Waals surface area contributed by atoms with E-state index in [2.05, 4.69) is 10.3 Å². The molecule has 4 nitrogen and oxygen atoms in total. The fourth-order valence-corrected chi connectivity index (χ4v) is 1.77.